The number of aromatic nitrogens is 5. The Morgan fingerprint density at radius 1 is 1.03 bits per heavy atom. The number of nitrogens with one attached hydrogen (secondary N) is 1. The van der Waals surface area contributed by atoms with Crippen molar-refractivity contribution in [2.75, 3.05) is 31.6 Å². The molecule has 2 saturated heterocycles. The first kappa shape index (κ1) is 48.3. The average Bonchev–Trinajstić information content (AvgIpc) is 3.73. The number of benzene rings is 1. The van der Waals surface area contributed by atoms with Crippen LogP contribution in [0.2, 0.25) is 0 Å². The van der Waals surface area contributed by atoms with Gasteiger partial charge in [0.05, 0.1) is 0 Å². The number of halogens is 9. The molecule has 0 saturated carbocycles. The van der Waals surface area contributed by atoms with Gasteiger partial charge < -0.3 is 10.2 Å². The third kappa shape index (κ3) is 11.3. The van der Waals surface area contributed by atoms with Gasteiger partial charge >= 0.3 is 284 Å². The first-order valence-electron chi connectivity index (χ1n) is 18.0. The number of aryl methyl sites for hydroxylation is 1. The Morgan fingerprint density at radius 2 is 1.64 bits per heavy atom. The van der Waals surface area contributed by atoms with Crippen LogP contribution in [0.4, 0.5) is 45.3 Å². The molecule has 0 bridgehead atoms. The van der Waals surface area contributed by atoms with Gasteiger partial charge in [-0.25, -0.2) is 9.59 Å². The molecule has 5 heterocycles. The van der Waals surface area contributed by atoms with Crippen LogP contribution >= 0.6 is 0 Å². The minimum atomic E-state index is -5.08. The number of anilines is 1. The maximum Gasteiger partial charge on any atom is 0.490 e. The second kappa shape index (κ2) is 18.3. The zero-order chi connectivity index (χ0) is 46.0. The van der Waals surface area contributed by atoms with E-state index in [1.165, 1.54) is 0 Å². The van der Waals surface area contributed by atoms with E-state index in [9.17, 15) is 49.1 Å². The van der Waals surface area contributed by atoms with Gasteiger partial charge in [0.1, 0.15) is 0 Å². The summed E-state index contributed by atoms with van der Waals surface area (Å²) in [5.41, 5.74) is 0.745. The summed E-state index contributed by atoms with van der Waals surface area (Å²) < 4.78 is 113. The van der Waals surface area contributed by atoms with Crippen LogP contribution in [0.25, 0.3) is 16.8 Å². The standard InChI is InChI=1S/C32H36AsF3N8O3.2C2HF3O2/c1-6-47-22-13-19(29(46)38-24-14-23(32(34,35)36)41(5)40-24)7-8-21(22)26-27-28(33)37-11-12-43(27)30(39-26)31(4)10-9-20-15-42(18(2)3)16-25(45)44(20)17-31;2*3-2(4,5)1(6)7/h7-8,11-14,18,20H,6,9-10,15-17H2,1-5H3,(H,38,40,46);2*(H,6,7)/t20-,31+;;/m1../s1. The molecule has 6 rings (SSSR count). The molecule has 1 aromatic carbocycles. The summed E-state index contributed by atoms with van der Waals surface area (Å²) in [6.07, 6.45) is -9.50. The van der Waals surface area contributed by atoms with Crippen molar-refractivity contribution in [1.82, 2.24) is 33.9 Å². The summed E-state index contributed by atoms with van der Waals surface area (Å²) in [4.78, 5) is 58.2. The first-order valence-corrected chi connectivity index (χ1v) is 18.9. The van der Waals surface area contributed by atoms with Crippen LogP contribution in [0.1, 0.15) is 62.4 Å². The number of imidazole rings is 1. The van der Waals surface area contributed by atoms with Gasteiger partial charge in [0.2, 0.25) is 0 Å². The number of carbonyl (C=O) groups is 4. The number of piperidine rings is 1. The average molecular weight is 941 g/mol. The predicted octanol–water partition coefficient (Wildman–Crippen LogP) is 4.83. The monoisotopic (exact) mass is 940 g/mol. The maximum atomic E-state index is 13.3. The summed E-state index contributed by atoms with van der Waals surface area (Å²) in [6, 6.07) is 6.09. The van der Waals surface area contributed by atoms with Gasteiger partial charge in [-0.05, 0) is 0 Å². The molecular weight excluding hydrogens is 902 g/mol. The second-order valence-corrected chi connectivity index (χ2v) is 15.2. The summed E-state index contributed by atoms with van der Waals surface area (Å²) in [5.74, 6) is -5.06. The number of piperazine rings is 1. The number of carbonyl (C=O) groups excluding carboxylic acids is 2. The van der Waals surface area contributed by atoms with Crippen molar-refractivity contribution in [1.29, 1.82) is 0 Å². The van der Waals surface area contributed by atoms with E-state index in [1.807, 2.05) is 22.4 Å². The Morgan fingerprint density at radius 3 is 2.16 bits per heavy atom. The van der Waals surface area contributed by atoms with E-state index in [4.69, 9.17) is 29.5 Å². The van der Waals surface area contributed by atoms with E-state index in [1.54, 1.807) is 24.4 Å². The Hall–Kier alpha value is -5.38. The van der Waals surface area contributed by atoms with Crippen LogP contribution < -0.4 is 14.5 Å². The predicted molar refractivity (Wildman–Crippen MR) is 197 cm³/mol. The minimum Gasteiger partial charge on any atom is -0.475 e. The van der Waals surface area contributed by atoms with Crippen LogP contribution in [-0.2, 0) is 33.0 Å². The molecule has 2 aliphatic rings. The zero-order valence-electron chi connectivity index (χ0n) is 32.8. The van der Waals surface area contributed by atoms with Crippen LogP contribution in [0.5, 0.6) is 5.75 Å². The molecule has 3 aromatic heterocycles. The van der Waals surface area contributed by atoms with Crippen molar-refractivity contribution in [3.05, 3.63) is 53.7 Å². The molecule has 2 radical (unpaired) electrons. The van der Waals surface area contributed by atoms with Crippen LogP contribution in [0.3, 0.4) is 0 Å². The van der Waals surface area contributed by atoms with Gasteiger partial charge in [0.25, 0.3) is 0 Å². The number of hydrogen-bond acceptors (Lipinski definition) is 9. The van der Waals surface area contributed by atoms with Gasteiger partial charge in [0.15, 0.2) is 0 Å². The molecule has 2 fully saturated rings. The fraction of sp³-hybridized carbons (Fsp3) is 0.472. The molecule has 2 aliphatic heterocycles. The molecule has 0 spiro atoms. The summed E-state index contributed by atoms with van der Waals surface area (Å²) in [6.45, 7) is 10.3. The normalized spacial score (nSPS) is 18.5. The third-order valence-corrected chi connectivity index (χ3v) is 10.3. The molecule has 61 heavy (non-hydrogen) atoms. The number of hydrogen-bond donors (Lipinski definition) is 3. The topological polar surface area (TPSA) is 184 Å². The molecule has 15 nitrogen and oxygen atoms in total. The van der Waals surface area contributed by atoms with Crippen LogP contribution in [-0.4, -0.2) is 135 Å². The summed E-state index contributed by atoms with van der Waals surface area (Å²) in [7, 11) is 1.16. The number of fused-ring (bicyclic) bond motifs is 2. The zero-order valence-corrected chi connectivity index (χ0v) is 34.7. The van der Waals surface area contributed by atoms with Crippen molar-refractivity contribution in [2.24, 2.45) is 7.05 Å². The number of carboxylic acids is 2. The molecule has 2 atom stereocenters. The fourth-order valence-electron chi connectivity index (χ4n) is 6.64. The minimum absolute atomic E-state index is 0.129. The van der Waals surface area contributed by atoms with E-state index in [-0.39, 0.29) is 23.3 Å². The Bertz CT molecular complexity index is 2250. The number of rotatable bonds is 7. The first-order chi connectivity index (χ1) is 28.1. The molecule has 332 valence electrons. The molecule has 4 aromatic rings. The quantitative estimate of drug-likeness (QED) is 0.170. The van der Waals surface area contributed by atoms with E-state index in [0.717, 1.165) is 43.8 Å². The maximum absolute atomic E-state index is 13.3. The van der Waals surface area contributed by atoms with Crippen molar-refractivity contribution in [3.63, 3.8) is 0 Å². The van der Waals surface area contributed by atoms with Crippen molar-refractivity contribution in [3.8, 4) is 17.0 Å². The number of carboxylic acid groups (broad SMARTS) is 2. The Kier molecular flexibility index (Phi) is 14.5. The fourth-order valence-corrected chi connectivity index (χ4v) is 7.22. The Balaban J connectivity index is 0.000000504. The molecule has 3 N–H and O–H groups in total. The van der Waals surface area contributed by atoms with Gasteiger partial charge in [-0.1, -0.05) is 0 Å². The number of ether oxygens (including phenoxy) is 1. The van der Waals surface area contributed by atoms with Gasteiger partial charge in [-0.15, -0.1) is 0 Å². The summed E-state index contributed by atoms with van der Waals surface area (Å²) >= 11 is 2.47. The van der Waals surface area contributed by atoms with E-state index < -0.39 is 47.5 Å². The third-order valence-electron chi connectivity index (χ3n) is 9.59. The van der Waals surface area contributed by atoms with Crippen molar-refractivity contribution < 1.29 is 73.6 Å². The molecule has 0 aliphatic carbocycles. The van der Waals surface area contributed by atoms with Gasteiger partial charge in [-0.2, -0.15) is 39.5 Å². The smallest absolute Gasteiger partial charge is 0.475 e. The number of nitrogens with zero attached hydrogens (tertiary/aromatic N) is 7. The van der Waals surface area contributed by atoms with E-state index >= 15 is 0 Å². The van der Waals surface area contributed by atoms with E-state index in [2.05, 4.69) is 57.9 Å². The van der Waals surface area contributed by atoms with Crippen LogP contribution in [0.15, 0.2) is 36.7 Å². The molecule has 0 unspecified atom stereocenters. The number of aliphatic carboxylic acids is 2. The second-order valence-electron chi connectivity index (χ2n) is 14.3. The SMILES string of the molecule is CCOc1cc(C(=O)Nc2cc(C(F)(F)F)n(C)n2)ccc1-c1nc([C@@]2(C)CC[C@@H]3CN(C(C)C)CC(=O)N3C2)n2ccnc([As])c12.O=C(O)C(F)(F)F.O=C(O)C(F)(F)F. The Labute approximate surface area is 349 Å². The number of alkyl halides is 9. The largest absolute Gasteiger partial charge is 0.490 e. The molecule has 2 amide bonds. The van der Waals surface area contributed by atoms with E-state index in [0.29, 0.717) is 51.9 Å². The van der Waals surface area contributed by atoms with Crippen molar-refractivity contribution >= 4 is 56.4 Å². The summed E-state index contributed by atoms with van der Waals surface area (Å²) in [5, 5.41) is 20.5. The molecular formula is C36H38AsF9N8O7. The van der Waals surface area contributed by atoms with Crippen molar-refractivity contribution in [2.45, 2.75) is 76.6 Å². The van der Waals surface area contributed by atoms with Crippen LogP contribution in [0, 0.1) is 0 Å². The number of amides is 2. The van der Waals surface area contributed by atoms with Gasteiger partial charge in [0, 0.05) is 7.05 Å². The van der Waals surface area contributed by atoms with Gasteiger partial charge in [-0.3, -0.25) is 0 Å². The molecule has 25 heteroatoms.